The summed E-state index contributed by atoms with van der Waals surface area (Å²) < 4.78 is 1.56. The van der Waals surface area contributed by atoms with E-state index in [0.717, 1.165) is 11.8 Å². The zero-order valence-electron chi connectivity index (χ0n) is 13.8. The minimum atomic E-state index is -0.532. The number of nitrogens with zero attached hydrogens (tertiary/aromatic N) is 2. The smallest absolute Gasteiger partial charge is 0.321 e. The molecule has 1 aromatic heterocycles. The van der Waals surface area contributed by atoms with Crippen molar-refractivity contribution >= 4 is 34.6 Å². The lowest BCUT2D eigenvalue weighted by atomic mass is 10.2. The molecule has 8 heteroatoms. The van der Waals surface area contributed by atoms with Crippen molar-refractivity contribution in [2.24, 2.45) is 0 Å². The van der Waals surface area contributed by atoms with Crippen LogP contribution in [0.1, 0.15) is 26.8 Å². The molecule has 0 aliphatic carbocycles. The van der Waals surface area contributed by atoms with Gasteiger partial charge < -0.3 is 5.32 Å². The van der Waals surface area contributed by atoms with Gasteiger partial charge in [-0.15, -0.1) is 0 Å². The average Bonchev–Trinajstić information content (AvgIpc) is 2.52. The highest BCUT2D eigenvalue weighted by Crippen LogP contribution is 2.20. The van der Waals surface area contributed by atoms with Gasteiger partial charge in [0, 0.05) is 12.6 Å². The third-order valence-electron chi connectivity index (χ3n) is 3.21. The van der Waals surface area contributed by atoms with Crippen LogP contribution in [0.2, 0.25) is 0 Å². The van der Waals surface area contributed by atoms with Gasteiger partial charge >= 0.3 is 6.03 Å². The summed E-state index contributed by atoms with van der Waals surface area (Å²) >= 11 is 1.13. The van der Waals surface area contributed by atoms with Crippen molar-refractivity contribution in [3.05, 3.63) is 34.6 Å². The molecule has 2 aromatic rings. The lowest BCUT2D eigenvalue weighted by Crippen LogP contribution is -2.40. The molecule has 7 nitrogen and oxygen atoms in total. The van der Waals surface area contributed by atoms with Gasteiger partial charge in [-0.2, -0.15) is 0 Å². The summed E-state index contributed by atoms with van der Waals surface area (Å²) in [6, 6.07) is 6.48. The number of imide groups is 1. The second-order valence-electron chi connectivity index (χ2n) is 5.38. The standard InChI is InChI=1S/C16H20N4O3S/c1-4-17-15(23)19-13(21)9-24-16-18-12-8-6-5-7-11(12)14(22)20(16)10(2)3/h5-8,10H,4,9H2,1-3H3,(H2,17,19,21,23). The Morgan fingerprint density at radius 3 is 2.67 bits per heavy atom. The zero-order valence-corrected chi connectivity index (χ0v) is 14.6. The molecule has 0 bridgehead atoms. The Bertz CT molecular complexity index is 817. The van der Waals surface area contributed by atoms with Crippen LogP contribution in [0, 0.1) is 0 Å². The Morgan fingerprint density at radius 1 is 1.29 bits per heavy atom. The van der Waals surface area contributed by atoms with Gasteiger partial charge in [-0.1, -0.05) is 23.9 Å². The monoisotopic (exact) mass is 348 g/mol. The van der Waals surface area contributed by atoms with E-state index < -0.39 is 11.9 Å². The van der Waals surface area contributed by atoms with E-state index in [2.05, 4.69) is 15.6 Å². The predicted molar refractivity (Wildman–Crippen MR) is 94.3 cm³/mol. The Labute approximate surface area is 143 Å². The molecule has 0 radical (unpaired) electrons. The van der Waals surface area contributed by atoms with Gasteiger partial charge in [0.15, 0.2) is 5.16 Å². The lowest BCUT2D eigenvalue weighted by Gasteiger charge is -2.15. The van der Waals surface area contributed by atoms with Crippen molar-refractivity contribution in [1.29, 1.82) is 0 Å². The number of hydrogen-bond donors (Lipinski definition) is 2. The third kappa shape index (κ3) is 4.14. The number of aromatic nitrogens is 2. The first-order valence-electron chi connectivity index (χ1n) is 7.65. The number of amides is 3. The molecule has 1 heterocycles. The summed E-state index contributed by atoms with van der Waals surface area (Å²) in [5.41, 5.74) is 0.452. The number of urea groups is 1. The van der Waals surface area contributed by atoms with E-state index in [9.17, 15) is 14.4 Å². The lowest BCUT2D eigenvalue weighted by molar-refractivity contribution is -0.117. The van der Waals surface area contributed by atoms with Crippen LogP contribution < -0.4 is 16.2 Å². The molecule has 2 rings (SSSR count). The van der Waals surface area contributed by atoms with E-state index in [1.54, 1.807) is 29.7 Å². The normalized spacial score (nSPS) is 10.8. The van der Waals surface area contributed by atoms with Crippen LogP contribution in [0.3, 0.4) is 0 Å². The van der Waals surface area contributed by atoms with Crippen LogP contribution in [-0.2, 0) is 4.79 Å². The fraction of sp³-hybridized carbons (Fsp3) is 0.375. The summed E-state index contributed by atoms with van der Waals surface area (Å²) in [6.07, 6.45) is 0. The summed E-state index contributed by atoms with van der Waals surface area (Å²) in [5, 5.41) is 5.72. The van der Waals surface area contributed by atoms with Crippen molar-refractivity contribution in [1.82, 2.24) is 20.2 Å². The van der Waals surface area contributed by atoms with Gasteiger partial charge in [-0.05, 0) is 32.9 Å². The van der Waals surface area contributed by atoms with Crippen LogP contribution in [0.4, 0.5) is 4.79 Å². The minimum absolute atomic E-state index is 0.00532. The molecule has 0 aliphatic rings. The first-order chi connectivity index (χ1) is 11.4. The van der Waals surface area contributed by atoms with Crippen LogP contribution in [0.5, 0.6) is 0 Å². The molecule has 0 fully saturated rings. The van der Waals surface area contributed by atoms with Crippen molar-refractivity contribution in [2.45, 2.75) is 32.0 Å². The predicted octanol–water partition coefficient (Wildman–Crippen LogP) is 1.92. The minimum Gasteiger partial charge on any atom is -0.338 e. The summed E-state index contributed by atoms with van der Waals surface area (Å²) in [6.45, 7) is 5.97. The maximum Gasteiger partial charge on any atom is 0.321 e. The number of rotatable bonds is 5. The van der Waals surface area contributed by atoms with Crippen LogP contribution in [-0.4, -0.2) is 33.8 Å². The van der Waals surface area contributed by atoms with Gasteiger partial charge in [-0.3, -0.25) is 19.5 Å². The molecule has 0 aliphatic heterocycles. The second kappa shape index (κ2) is 7.96. The summed E-state index contributed by atoms with van der Waals surface area (Å²) in [4.78, 5) is 40.3. The second-order valence-corrected chi connectivity index (χ2v) is 6.32. The largest absolute Gasteiger partial charge is 0.338 e. The highest BCUT2D eigenvalue weighted by molar-refractivity contribution is 7.99. The van der Waals surface area contributed by atoms with Crippen molar-refractivity contribution in [2.75, 3.05) is 12.3 Å². The molecule has 0 spiro atoms. The van der Waals surface area contributed by atoms with Crippen molar-refractivity contribution in [3.8, 4) is 0 Å². The molecular weight excluding hydrogens is 328 g/mol. The van der Waals surface area contributed by atoms with Gasteiger partial charge in [0.2, 0.25) is 5.91 Å². The SMILES string of the molecule is CCNC(=O)NC(=O)CSc1nc2ccccc2c(=O)n1C(C)C. The number of carbonyl (C=O) groups excluding carboxylic acids is 2. The van der Waals surface area contributed by atoms with Crippen LogP contribution >= 0.6 is 11.8 Å². The highest BCUT2D eigenvalue weighted by Gasteiger charge is 2.15. The van der Waals surface area contributed by atoms with E-state index in [1.807, 2.05) is 19.9 Å². The molecule has 3 amide bonds. The van der Waals surface area contributed by atoms with Crippen molar-refractivity contribution in [3.63, 3.8) is 0 Å². The quantitative estimate of drug-likeness (QED) is 0.636. The highest BCUT2D eigenvalue weighted by atomic mass is 32.2. The van der Waals surface area contributed by atoms with Gasteiger partial charge in [0.05, 0.1) is 16.7 Å². The molecule has 128 valence electrons. The Kier molecular flexibility index (Phi) is 5.97. The topological polar surface area (TPSA) is 93.1 Å². The van der Waals surface area contributed by atoms with E-state index in [1.165, 1.54) is 0 Å². The Hall–Kier alpha value is -2.35. The molecular formula is C16H20N4O3S. The van der Waals surface area contributed by atoms with Crippen molar-refractivity contribution < 1.29 is 9.59 Å². The fourth-order valence-corrected chi connectivity index (χ4v) is 3.11. The maximum atomic E-state index is 12.6. The number of fused-ring (bicyclic) bond motifs is 1. The number of hydrogen-bond acceptors (Lipinski definition) is 5. The van der Waals surface area contributed by atoms with Gasteiger partial charge in [0.25, 0.3) is 5.56 Å². The fourth-order valence-electron chi connectivity index (χ4n) is 2.18. The molecule has 0 saturated heterocycles. The maximum absolute atomic E-state index is 12.6. The third-order valence-corrected chi connectivity index (χ3v) is 4.17. The van der Waals surface area contributed by atoms with E-state index >= 15 is 0 Å². The van der Waals surface area contributed by atoms with E-state index in [4.69, 9.17) is 0 Å². The molecule has 0 atom stereocenters. The number of thioether (sulfide) groups is 1. The molecule has 0 unspecified atom stereocenters. The number of para-hydroxylation sites is 1. The summed E-state index contributed by atoms with van der Waals surface area (Å²) in [5.74, 6) is -0.446. The number of nitrogens with one attached hydrogen (secondary N) is 2. The number of carbonyl (C=O) groups is 2. The molecule has 0 saturated carbocycles. The van der Waals surface area contributed by atoms with Gasteiger partial charge in [0.1, 0.15) is 0 Å². The van der Waals surface area contributed by atoms with Gasteiger partial charge in [-0.25, -0.2) is 9.78 Å². The first kappa shape index (κ1) is 18.0. The number of benzene rings is 1. The Morgan fingerprint density at radius 2 is 2.00 bits per heavy atom. The van der Waals surface area contributed by atoms with Crippen LogP contribution in [0.25, 0.3) is 10.9 Å². The van der Waals surface area contributed by atoms with E-state index in [0.29, 0.717) is 22.6 Å². The molecule has 2 N–H and O–H groups in total. The average molecular weight is 348 g/mol. The summed E-state index contributed by atoms with van der Waals surface area (Å²) in [7, 11) is 0. The van der Waals surface area contributed by atoms with E-state index in [-0.39, 0.29) is 17.4 Å². The molecule has 1 aromatic carbocycles. The Balaban J connectivity index is 2.25. The zero-order chi connectivity index (χ0) is 17.7. The first-order valence-corrected chi connectivity index (χ1v) is 8.64. The molecule has 24 heavy (non-hydrogen) atoms. The van der Waals surface area contributed by atoms with Crippen LogP contribution in [0.15, 0.2) is 34.2 Å².